The van der Waals surface area contributed by atoms with Crippen LogP contribution in [-0.4, -0.2) is 56.5 Å². The second-order valence-electron chi connectivity index (χ2n) is 9.49. The van der Waals surface area contributed by atoms with Crippen LogP contribution in [0.1, 0.15) is 28.8 Å². The maximum atomic E-state index is 14.8. The zero-order valence-corrected chi connectivity index (χ0v) is 21.6. The standard InChI is InChI=1S/C29H30F4N2O4/c1-38-25-15-22(30)20(14-23(25)31)19-9-10-24(21(13-19)28(37)39-2)35-12-6-11-29(17-35,26(36)27(32)33)34-16-18-7-4-3-5-8-18/h3-5,7-10,13-15,26-27,34,36H,6,11-12,16-17H2,1-2H3. The van der Waals surface area contributed by atoms with Gasteiger partial charge in [-0.2, -0.15) is 0 Å². The van der Waals surface area contributed by atoms with Crippen LogP contribution in [0.2, 0.25) is 0 Å². The number of piperidine rings is 1. The summed E-state index contributed by atoms with van der Waals surface area (Å²) in [7, 11) is 2.41. The summed E-state index contributed by atoms with van der Waals surface area (Å²) in [5.41, 5.74) is 0.0401. The van der Waals surface area contributed by atoms with E-state index in [0.717, 1.165) is 17.7 Å². The topological polar surface area (TPSA) is 71.0 Å². The first-order valence-electron chi connectivity index (χ1n) is 12.4. The minimum absolute atomic E-state index is 0.0276. The SMILES string of the molecule is COC(=O)c1cc(-c2cc(F)c(OC)cc2F)ccc1N1CCCC(NCc2ccccc2)(C(O)C(F)F)C1. The van der Waals surface area contributed by atoms with E-state index in [-0.39, 0.29) is 42.0 Å². The second kappa shape index (κ2) is 12.0. The molecule has 1 saturated heterocycles. The average Bonchev–Trinajstić information content (AvgIpc) is 2.96. The maximum Gasteiger partial charge on any atom is 0.339 e. The van der Waals surface area contributed by atoms with Gasteiger partial charge in [0.1, 0.15) is 11.9 Å². The Hall–Kier alpha value is -3.63. The van der Waals surface area contributed by atoms with Crippen LogP contribution in [0.5, 0.6) is 5.75 Å². The lowest BCUT2D eigenvalue weighted by Crippen LogP contribution is -2.65. The molecule has 1 aliphatic heterocycles. The monoisotopic (exact) mass is 546 g/mol. The van der Waals surface area contributed by atoms with Gasteiger partial charge in [-0.1, -0.05) is 36.4 Å². The van der Waals surface area contributed by atoms with E-state index in [1.54, 1.807) is 11.0 Å². The van der Waals surface area contributed by atoms with E-state index in [4.69, 9.17) is 9.47 Å². The zero-order valence-electron chi connectivity index (χ0n) is 21.6. The number of benzene rings is 3. The zero-order chi connectivity index (χ0) is 28.2. The summed E-state index contributed by atoms with van der Waals surface area (Å²) in [5, 5.41) is 13.8. The Morgan fingerprint density at radius 1 is 1.08 bits per heavy atom. The van der Waals surface area contributed by atoms with E-state index < -0.39 is 35.7 Å². The van der Waals surface area contributed by atoms with Gasteiger partial charge in [0.15, 0.2) is 11.6 Å². The van der Waals surface area contributed by atoms with Gasteiger partial charge in [0, 0.05) is 31.3 Å². The molecule has 208 valence electrons. The summed E-state index contributed by atoms with van der Waals surface area (Å²) >= 11 is 0. The molecule has 2 N–H and O–H groups in total. The predicted octanol–water partition coefficient (Wildman–Crippen LogP) is 5.18. The first-order valence-corrected chi connectivity index (χ1v) is 12.4. The number of aliphatic hydroxyl groups excluding tert-OH is 1. The third kappa shape index (κ3) is 6.02. The number of nitrogens with zero attached hydrogens (tertiary/aromatic N) is 1. The van der Waals surface area contributed by atoms with Crippen LogP contribution < -0.4 is 15.0 Å². The number of ether oxygens (including phenoxy) is 2. The Morgan fingerprint density at radius 3 is 2.49 bits per heavy atom. The first-order chi connectivity index (χ1) is 18.7. The molecule has 0 aromatic heterocycles. The molecule has 0 bridgehead atoms. The molecule has 0 amide bonds. The highest BCUT2D eigenvalue weighted by atomic mass is 19.3. The molecule has 0 spiro atoms. The summed E-state index contributed by atoms with van der Waals surface area (Å²) in [5.74, 6) is -2.52. The largest absolute Gasteiger partial charge is 0.494 e. The molecule has 6 nitrogen and oxygen atoms in total. The van der Waals surface area contributed by atoms with E-state index in [0.29, 0.717) is 18.7 Å². The Kier molecular flexibility index (Phi) is 8.76. The summed E-state index contributed by atoms with van der Waals surface area (Å²) in [6.45, 7) is 0.642. The first kappa shape index (κ1) is 28.4. The summed E-state index contributed by atoms with van der Waals surface area (Å²) in [4.78, 5) is 14.5. The van der Waals surface area contributed by atoms with E-state index in [1.165, 1.54) is 26.4 Å². The van der Waals surface area contributed by atoms with E-state index in [9.17, 15) is 27.5 Å². The minimum atomic E-state index is -3.00. The molecule has 2 atom stereocenters. The van der Waals surface area contributed by atoms with Gasteiger partial charge in [-0.3, -0.25) is 0 Å². The lowest BCUT2D eigenvalue weighted by atomic mass is 9.82. The normalized spacial score (nSPS) is 18.2. The van der Waals surface area contributed by atoms with Gasteiger partial charge in [0.25, 0.3) is 6.43 Å². The van der Waals surface area contributed by atoms with Crippen molar-refractivity contribution in [2.45, 2.75) is 37.5 Å². The average molecular weight is 547 g/mol. The van der Waals surface area contributed by atoms with E-state index >= 15 is 0 Å². The molecule has 1 heterocycles. The van der Waals surface area contributed by atoms with Crippen LogP contribution in [0.25, 0.3) is 11.1 Å². The number of halogens is 4. The summed E-state index contributed by atoms with van der Waals surface area (Å²) in [6, 6.07) is 15.6. The number of hydrogen-bond acceptors (Lipinski definition) is 6. The van der Waals surface area contributed by atoms with E-state index in [1.807, 2.05) is 30.3 Å². The number of aliphatic hydroxyl groups is 1. The number of methoxy groups -OCH3 is 2. The Bertz CT molecular complexity index is 1310. The van der Waals surface area contributed by atoms with Crippen LogP contribution in [0.3, 0.4) is 0 Å². The number of nitrogens with one attached hydrogen (secondary N) is 1. The number of hydrogen-bond donors (Lipinski definition) is 2. The molecule has 3 aromatic rings. The Labute approximate surface area is 224 Å². The van der Waals surface area contributed by atoms with Crippen molar-refractivity contribution < 1.29 is 36.9 Å². The van der Waals surface area contributed by atoms with Crippen molar-refractivity contribution in [2.24, 2.45) is 0 Å². The summed E-state index contributed by atoms with van der Waals surface area (Å²) in [6.07, 6.45) is -4.24. The van der Waals surface area contributed by atoms with Crippen molar-refractivity contribution in [1.82, 2.24) is 5.32 Å². The smallest absolute Gasteiger partial charge is 0.339 e. The molecule has 39 heavy (non-hydrogen) atoms. The van der Waals surface area contributed by atoms with Crippen LogP contribution in [-0.2, 0) is 11.3 Å². The fraction of sp³-hybridized carbons (Fsp3) is 0.345. The molecule has 0 radical (unpaired) electrons. The number of esters is 1. The van der Waals surface area contributed by atoms with Gasteiger partial charge in [0.2, 0.25) is 0 Å². The molecule has 3 aromatic carbocycles. The molecule has 4 rings (SSSR count). The van der Waals surface area contributed by atoms with Gasteiger partial charge in [-0.05, 0) is 42.2 Å². The van der Waals surface area contributed by atoms with Crippen molar-refractivity contribution in [1.29, 1.82) is 0 Å². The number of alkyl halides is 2. The molecular weight excluding hydrogens is 516 g/mol. The second-order valence-corrected chi connectivity index (χ2v) is 9.49. The van der Waals surface area contributed by atoms with Crippen LogP contribution in [0.4, 0.5) is 23.2 Å². The number of carbonyl (C=O) groups is 1. The predicted molar refractivity (Wildman–Crippen MR) is 139 cm³/mol. The number of anilines is 1. The van der Waals surface area contributed by atoms with Gasteiger partial charge < -0.3 is 24.8 Å². The van der Waals surface area contributed by atoms with Crippen LogP contribution in [0.15, 0.2) is 60.7 Å². The lowest BCUT2D eigenvalue weighted by molar-refractivity contribution is -0.0657. The van der Waals surface area contributed by atoms with Gasteiger partial charge in [-0.15, -0.1) is 0 Å². The molecule has 1 fully saturated rings. The van der Waals surface area contributed by atoms with Crippen molar-refractivity contribution in [3.05, 3.63) is 83.4 Å². The fourth-order valence-corrected chi connectivity index (χ4v) is 5.05. The van der Waals surface area contributed by atoms with Gasteiger partial charge in [-0.25, -0.2) is 22.4 Å². The van der Waals surface area contributed by atoms with Crippen molar-refractivity contribution >= 4 is 11.7 Å². The van der Waals surface area contributed by atoms with E-state index in [2.05, 4.69) is 5.32 Å². The Balaban J connectivity index is 1.71. The van der Waals surface area contributed by atoms with Crippen molar-refractivity contribution in [3.8, 4) is 16.9 Å². The number of rotatable bonds is 9. The molecule has 0 saturated carbocycles. The Morgan fingerprint density at radius 2 is 1.82 bits per heavy atom. The molecule has 1 aliphatic rings. The van der Waals surface area contributed by atoms with Gasteiger partial charge >= 0.3 is 5.97 Å². The van der Waals surface area contributed by atoms with Crippen LogP contribution >= 0.6 is 0 Å². The van der Waals surface area contributed by atoms with Crippen molar-refractivity contribution in [3.63, 3.8) is 0 Å². The highest BCUT2D eigenvalue weighted by Crippen LogP contribution is 2.36. The molecule has 0 aliphatic carbocycles. The minimum Gasteiger partial charge on any atom is -0.494 e. The highest BCUT2D eigenvalue weighted by Gasteiger charge is 2.46. The molecule has 2 unspecified atom stereocenters. The van der Waals surface area contributed by atoms with Crippen molar-refractivity contribution in [2.75, 3.05) is 32.2 Å². The molecule has 10 heteroatoms. The summed E-state index contributed by atoms with van der Waals surface area (Å²) < 4.78 is 66.7. The quantitative estimate of drug-likeness (QED) is 0.285. The fourth-order valence-electron chi connectivity index (χ4n) is 5.05. The molecular formula is C29H30F4N2O4. The highest BCUT2D eigenvalue weighted by molar-refractivity contribution is 5.97. The third-order valence-electron chi connectivity index (χ3n) is 7.11. The van der Waals surface area contributed by atoms with Crippen LogP contribution in [0, 0.1) is 11.6 Å². The number of carbonyl (C=O) groups excluding carboxylic acids is 1. The third-order valence-corrected chi connectivity index (χ3v) is 7.11. The lowest BCUT2D eigenvalue weighted by Gasteiger charge is -2.47. The van der Waals surface area contributed by atoms with Gasteiger partial charge in [0.05, 0.1) is 31.0 Å². The maximum absolute atomic E-state index is 14.8.